The summed E-state index contributed by atoms with van der Waals surface area (Å²) in [6.45, 7) is 5.97. The molecule has 2 amide bonds. The van der Waals surface area contributed by atoms with Crippen LogP contribution in [0.15, 0.2) is 60.9 Å². The van der Waals surface area contributed by atoms with Crippen molar-refractivity contribution in [3.8, 4) is 5.75 Å². The molecule has 0 saturated carbocycles. The van der Waals surface area contributed by atoms with Crippen LogP contribution in [0.25, 0.3) is 0 Å². The van der Waals surface area contributed by atoms with E-state index in [0.717, 1.165) is 0 Å². The van der Waals surface area contributed by atoms with Crippen LogP contribution in [-0.4, -0.2) is 34.0 Å². The number of rotatable bonds is 9. The monoisotopic (exact) mass is 452 g/mol. The first-order valence-corrected chi connectivity index (χ1v) is 10.9. The molecule has 0 aliphatic rings. The molecular weight excluding hydrogens is 423 g/mol. The first kappa shape index (κ1) is 24.0. The molecule has 1 unspecified atom stereocenters. The van der Waals surface area contributed by atoms with Gasteiger partial charge in [0.05, 0.1) is 12.2 Å². The van der Waals surface area contributed by atoms with Gasteiger partial charge < -0.3 is 19.9 Å². The van der Waals surface area contributed by atoms with Gasteiger partial charge >= 0.3 is 0 Å². The zero-order valence-electron chi connectivity index (χ0n) is 19.2. The predicted molar refractivity (Wildman–Crippen MR) is 123 cm³/mol. The van der Waals surface area contributed by atoms with E-state index in [9.17, 15) is 14.0 Å². The van der Waals surface area contributed by atoms with Gasteiger partial charge in [0.15, 0.2) is 0 Å². The smallest absolute Gasteiger partial charge is 0.255 e. The van der Waals surface area contributed by atoms with Crippen molar-refractivity contribution in [2.24, 2.45) is 13.0 Å². The van der Waals surface area contributed by atoms with Gasteiger partial charge in [-0.2, -0.15) is 0 Å². The van der Waals surface area contributed by atoms with Gasteiger partial charge in [0.1, 0.15) is 29.5 Å². The summed E-state index contributed by atoms with van der Waals surface area (Å²) >= 11 is 0. The number of halogens is 1. The molecule has 0 aliphatic heterocycles. The number of benzene rings is 2. The number of imidazole rings is 1. The summed E-state index contributed by atoms with van der Waals surface area (Å²) in [5.74, 6) is -0.289. The molecule has 8 heteroatoms. The van der Waals surface area contributed by atoms with E-state index in [1.54, 1.807) is 53.4 Å². The van der Waals surface area contributed by atoms with Crippen molar-refractivity contribution >= 4 is 11.8 Å². The van der Waals surface area contributed by atoms with Crippen LogP contribution >= 0.6 is 0 Å². The van der Waals surface area contributed by atoms with Crippen LogP contribution < -0.4 is 15.4 Å². The molecule has 2 N–H and O–H groups in total. The zero-order chi connectivity index (χ0) is 24.0. The normalized spacial score (nSPS) is 12.8. The topological polar surface area (TPSA) is 85.2 Å². The second kappa shape index (κ2) is 10.8. The van der Waals surface area contributed by atoms with Crippen LogP contribution in [0, 0.1) is 11.7 Å². The quantitative estimate of drug-likeness (QED) is 0.519. The van der Waals surface area contributed by atoms with Gasteiger partial charge in [-0.05, 0) is 42.7 Å². The van der Waals surface area contributed by atoms with Gasteiger partial charge in [-0.3, -0.25) is 9.59 Å². The van der Waals surface area contributed by atoms with Gasteiger partial charge in [0.2, 0.25) is 5.91 Å². The third kappa shape index (κ3) is 5.77. The molecule has 0 aliphatic carbocycles. The number of para-hydroxylation sites is 1. The number of hydrogen-bond donors (Lipinski definition) is 2. The molecule has 3 rings (SSSR count). The Labute approximate surface area is 193 Å². The maximum absolute atomic E-state index is 13.5. The highest BCUT2D eigenvalue weighted by atomic mass is 19.1. The van der Waals surface area contributed by atoms with E-state index in [-0.39, 0.29) is 17.6 Å². The third-order valence-corrected chi connectivity index (χ3v) is 5.27. The zero-order valence-corrected chi connectivity index (χ0v) is 19.2. The van der Waals surface area contributed by atoms with E-state index in [4.69, 9.17) is 4.74 Å². The average molecular weight is 453 g/mol. The van der Waals surface area contributed by atoms with Crippen LogP contribution in [0.1, 0.15) is 48.6 Å². The van der Waals surface area contributed by atoms with E-state index < -0.39 is 18.0 Å². The van der Waals surface area contributed by atoms with Crippen molar-refractivity contribution < 1.29 is 18.7 Å². The molecule has 0 radical (unpaired) electrons. The Bertz CT molecular complexity index is 1100. The fourth-order valence-corrected chi connectivity index (χ4v) is 3.53. The van der Waals surface area contributed by atoms with Crippen LogP contribution in [0.3, 0.4) is 0 Å². The summed E-state index contributed by atoms with van der Waals surface area (Å²) in [5.41, 5.74) is 1.03. The van der Waals surface area contributed by atoms with Crippen LogP contribution in [0.4, 0.5) is 4.39 Å². The van der Waals surface area contributed by atoms with Gasteiger partial charge in [-0.25, -0.2) is 9.37 Å². The Balaban J connectivity index is 1.85. The lowest BCUT2D eigenvalue weighted by molar-refractivity contribution is -0.124. The molecule has 174 valence electrons. The van der Waals surface area contributed by atoms with Gasteiger partial charge in [0, 0.05) is 19.4 Å². The van der Waals surface area contributed by atoms with Crippen molar-refractivity contribution in [1.82, 2.24) is 20.2 Å². The van der Waals surface area contributed by atoms with E-state index in [2.05, 4.69) is 15.6 Å². The van der Waals surface area contributed by atoms with Crippen LogP contribution in [0.5, 0.6) is 5.75 Å². The molecule has 0 spiro atoms. The Morgan fingerprint density at radius 2 is 1.79 bits per heavy atom. The second-order valence-corrected chi connectivity index (χ2v) is 8.01. The van der Waals surface area contributed by atoms with Crippen molar-refractivity contribution in [2.75, 3.05) is 6.61 Å². The minimum atomic E-state index is -0.810. The van der Waals surface area contributed by atoms with Crippen molar-refractivity contribution in [3.05, 3.63) is 83.7 Å². The summed E-state index contributed by atoms with van der Waals surface area (Å²) in [4.78, 5) is 30.7. The summed E-state index contributed by atoms with van der Waals surface area (Å²) in [7, 11) is 1.82. The summed E-state index contributed by atoms with van der Waals surface area (Å²) < 4.78 is 20.8. The van der Waals surface area contributed by atoms with Crippen molar-refractivity contribution in [3.63, 3.8) is 0 Å². The number of nitrogens with one attached hydrogen (secondary N) is 2. The maximum Gasteiger partial charge on any atom is 0.255 e. The fourth-order valence-electron chi connectivity index (χ4n) is 3.53. The molecule has 7 nitrogen and oxygen atoms in total. The molecule has 2 aromatic carbocycles. The number of nitrogens with zero attached hydrogens (tertiary/aromatic N) is 2. The van der Waals surface area contributed by atoms with E-state index in [0.29, 0.717) is 29.3 Å². The minimum Gasteiger partial charge on any atom is -0.493 e. The number of carbonyl (C=O) groups excluding carboxylic acids is 2. The lowest BCUT2D eigenvalue weighted by Gasteiger charge is -2.26. The molecule has 1 heterocycles. The van der Waals surface area contributed by atoms with Crippen LogP contribution in [-0.2, 0) is 11.8 Å². The lowest BCUT2D eigenvalue weighted by Crippen LogP contribution is -2.50. The summed E-state index contributed by atoms with van der Waals surface area (Å²) in [6, 6.07) is 11.4. The number of hydrogen-bond acceptors (Lipinski definition) is 4. The average Bonchev–Trinajstić information content (AvgIpc) is 3.22. The molecule has 0 fully saturated rings. The number of amides is 2. The van der Waals surface area contributed by atoms with E-state index >= 15 is 0 Å². The predicted octanol–water partition coefficient (Wildman–Crippen LogP) is 3.62. The van der Waals surface area contributed by atoms with Crippen molar-refractivity contribution in [1.29, 1.82) is 0 Å². The second-order valence-electron chi connectivity index (χ2n) is 8.01. The molecule has 0 bridgehead atoms. The number of carbonyl (C=O) groups is 2. The summed E-state index contributed by atoms with van der Waals surface area (Å²) in [6.07, 6.45) is 3.40. The first-order valence-electron chi connectivity index (χ1n) is 10.9. The number of ether oxygens (including phenoxy) is 1. The third-order valence-electron chi connectivity index (χ3n) is 5.27. The van der Waals surface area contributed by atoms with E-state index in [1.165, 1.54) is 12.1 Å². The molecule has 1 aromatic heterocycles. The first-order chi connectivity index (χ1) is 15.8. The highest BCUT2D eigenvalue weighted by Crippen LogP contribution is 2.22. The SMILES string of the molecule is CCOc1ccccc1C(=O)N[C@H](C(=O)NC(c1ccc(F)cc1)c1nccn1C)C(C)C. The number of aromatic nitrogens is 2. The standard InChI is InChI=1S/C25H29FN4O3/c1-5-33-20-9-7-6-8-19(20)24(31)28-21(16(2)3)25(32)29-22(23-27-14-15-30(23)4)17-10-12-18(26)13-11-17/h6-16,21-22H,5H2,1-4H3,(H,28,31)(H,29,32)/t21-,22?/m0/s1. The van der Waals surface area contributed by atoms with Gasteiger partial charge in [0.25, 0.3) is 5.91 Å². The highest BCUT2D eigenvalue weighted by molar-refractivity contribution is 5.99. The fraction of sp³-hybridized carbons (Fsp3) is 0.320. The molecule has 33 heavy (non-hydrogen) atoms. The highest BCUT2D eigenvalue weighted by Gasteiger charge is 2.29. The Kier molecular flexibility index (Phi) is 7.82. The Hall–Kier alpha value is -3.68. The van der Waals surface area contributed by atoms with E-state index in [1.807, 2.05) is 27.8 Å². The molecule has 2 atom stereocenters. The molecule has 0 saturated heterocycles. The van der Waals surface area contributed by atoms with Crippen LogP contribution in [0.2, 0.25) is 0 Å². The maximum atomic E-state index is 13.5. The lowest BCUT2D eigenvalue weighted by atomic mass is 10.0. The largest absolute Gasteiger partial charge is 0.493 e. The molecule has 3 aromatic rings. The molecular formula is C25H29FN4O3. The van der Waals surface area contributed by atoms with Gasteiger partial charge in [-0.15, -0.1) is 0 Å². The Morgan fingerprint density at radius 3 is 2.39 bits per heavy atom. The summed E-state index contributed by atoms with van der Waals surface area (Å²) in [5, 5.41) is 5.82. The van der Waals surface area contributed by atoms with Crippen molar-refractivity contribution in [2.45, 2.75) is 32.9 Å². The van der Waals surface area contributed by atoms with Gasteiger partial charge in [-0.1, -0.05) is 38.1 Å². The minimum absolute atomic E-state index is 0.191. The number of aryl methyl sites for hydroxylation is 1. The Morgan fingerprint density at radius 1 is 1.09 bits per heavy atom.